The van der Waals surface area contributed by atoms with Crippen LogP contribution < -0.4 is 15.8 Å². The molecular weight excluding hydrogens is 679 g/mol. The number of sulfonamides is 1. The number of aliphatic hydroxyl groups excluding tert-OH is 1. The van der Waals surface area contributed by atoms with Gasteiger partial charge in [0.15, 0.2) is 5.03 Å². The van der Waals surface area contributed by atoms with Crippen LogP contribution in [0.4, 0.5) is 8.78 Å². The Balaban J connectivity index is 1.88. The molecule has 0 saturated heterocycles. The summed E-state index contributed by atoms with van der Waals surface area (Å²) in [6.07, 6.45) is 5.46. The number of carbonyl (C=O) groups excluding carboxylic acids is 2. The Hall–Kier alpha value is -4.40. The lowest BCUT2D eigenvalue weighted by molar-refractivity contribution is -0.145. The van der Waals surface area contributed by atoms with Crippen molar-refractivity contribution in [1.29, 1.82) is 0 Å². The average Bonchev–Trinajstić information content (AvgIpc) is 3.53. The van der Waals surface area contributed by atoms with Crippen molar-refractivity contribution < 1.29 is 31.9 Å². The van der Waals surface area contributed by atoms with E-state index < -0.39 is 50.9 Å². The number of allylic oxidation sites excluding steroid dienone is 1. The van der Waals surface area contributed by atoms with Gasteiger partial charge in [0.05, 0.1) is 17.8 Å². The van der Waals surface area contributed by atoms with Crippen LogP contribution in [0.1, 0.15) is 56.7 Å². The van der Waals surface area contributed by atoms with Gasteiger partial charge in [-0.2, -0.15) is 8.42 Å². The van der Waals surface area contributed by atoms with Crippen molar-refractivity contribution in [1.82, 2.24) is 24.5 Å². The van der Waals surface area contributed by atoms with Gasteiger partial charge in [-0.25, -0.2) is 13.8 Å². The smallest absolute Gasteiger partial charge is 0.280 e. The second-order valence-corrected chi connectivity index (χ2v) is 14.7. The number of aliphatic hydroxyl groups is 1. The maximum Gasteiger partial charge on any atom is 0.280 e. The Morgan fingerprint density at radius 2 is 1.73 bits per heavy atom. The lowest BCUT2D eigenvalue weighted by Crippen LogP contribution is -2.54. The first-order chi connectivity index (χ1) is 24.2. The summed E-state index contributed by atoms with van der Waals surface area (Å²) < 4.78 is 60.0. The first-order valence-electron chi connectivity index (χ1n) is 17.2. The van der Waals surface area contributed by atoms with E-state index in [-0.39, 0.29) is 41.2 Å². The number of hydrogen-bond acceptors (Lipinski definition) is 7. The van der Waals surface area contributed by atoms with Crippen LogP contribution in [0.2, 0.25) is 0 Å². The molecule has 3 atom stereocenters. The van der Waals surface area contributed by atoms with E-state index in [4.69, 9.17) is 5.73 Å². The summed E-state index contributed by atoms with van der Waals surface area (Å²) in [6.45, 7) is 6.84. The number of nitrogens with two attached hydrogens (primary N) is 1. The highest BCUT2D eigenvalue weighted by Gasteiger charge is 2.51. The molecule has 5 N–H and O–H groups in total. The van der Waals surface area contributed by atoms with Gasteiger partial charge in [0.25, 0.3) is 10.0 Å². The predicted octanol–water partition coefficient (Wildman–Crippen LogP) is 3.88. The number of aromatic nitrogens is 2. The van der Waals surface area contributed by atoms with Crippen LogP contribution >= 0.6 is 0 Å². The van der Waals surface area contributed by atoms with Crippen LogP contribution in [-0.2, 0) is 46.0 Å². The van der Waals surface area contributed by atoms with Gasteiger partial charge in [0, 0.05) is 62.7 Å². The molecule has 0 spiro atoms. The predicted molar refractivity (Wildman–Crippen MR) is 190 cm³/mol. The van der Waals surface area contributed by atoms with Crippen LogP contribution in [0.15, 0.2) is 83.4 Å². The van der Waals surface area contributed by atoms with Crippen molar-refractivity contribution in [3.05, 3.63) is 107 Å². The number of halogens is 2. The second-order valence-electron chi connectivity index (χ2n) is 13.1. The first kappa shape index (κ1) is 39.4. The van der Waals surface area contributed by atoms with E-state index in [2.05, 4.69) is 15.0 Å². The van der Waals surface area contributed by atoms with Gasteiger partial charge in [0.1, 0.15) is 11.6 Å². The number of hydrogen-bond donors (Lipinski definition) is 4. The Bertz CT molecular complexity index is 1850. The van der Waals surface area contributed by atoms with Crippen molar-refractivity contribution in [3.8, 4) is 0 Å². The van der Waals surface area contributed by atoms with Crippen molar-refractivity contribution in [2.75, 3.05) is 19.6 Å². The number of nitrogens with one attached hydrogen (secondary N) is 2. The molecule has 2 aromatic carbocycles. The number of benzene rings is 2. The lowest BCUT2D eigenvalue weighted by atomic mass is 9.63. The quantitative estimate of drug-likeness (QED) is 0.155. The van der Waals surface area contributed by atoms with Crippen LogP contribution in [0, 0.1) is 23.0 Å². The highest BCUT2D eigenvalue weighted by atomic mass is 32.2. The van der Waals surface area contributed by atoms with Gasteiger partial charge >= 0.3 is 0 Å². The van der Waals surface area contributed by atoms with E-state index >= 15 is 4.79 Å². The van der Waals surface area contributed by atoms with Crippen LogP contribution in [-0.4, -0.2) is 65.5 Å². The molecule has 3 aromatic rings. The largest absolute Gasteiger partial charge is 0.391 e. The molecule has 1 heterocycles. The van der Waals surface area contributed by atoms with Crippen molar-refractivity contribution in [3.63, 3.8) is 0 Å². The molecule has 1 aliphatic rings. The molecule has 1 aromatic heterocycles. The van der Waals surface area contributed by atoms with Gasteiger partial charge in [-0.15, -0.1) is 0 Å². The third-order valence-electron chi connectivity index (χ3n) is 9.01. The number of amides is 2. The highest BCUT2D eigenvalue weighted by Crippen LogP contribution is 2.46. The van der Waals surface area contributed by atoms with Crippen LogP contribution in [0.25, 0.3) is 0 Å². The molecule has 1 unspecified atom stereocenters. The molecule has 1 aliphatic carbocycles. The summed E-state index contributed by atoms with van der Waals surface area (Å²) in [6, 6.07) is 10.9. The molecule has 11 nitrogen and oxygen atoms in total. The average molecular weight is 727 g/mol. The summed E-state index contributed by atoms with van der Waals surface area (Å²) >= 11 is 0. The molecule has 0 bridgehead atoms. The maximum absolute atomic E-state index is 15.0. The van der Waals surface area contributed by atoms with Gasteiger partial charge < -0.3 is 25.6 Å². The van der Waals surface area contributed by atoms with Gasteiger partial charge in [-0.3, -0.25) is 14.3 Å². The zero-order chi connectivity index (χ0) is 37.3. The number of rotatable bonds is 18. The molecule has 0 radical (unpaired) electrons. The topological polar surface area (TPSA) is 160 Å². The van der Waals surface area contributed by atoms with Crippen molar-refractivity contribution in [2.45, 2.75) is 70.6 Å². The Kier molecular flexibility index (Phi) is 13.3. The summed E-state index contributed by atoms with van der Waals surface area (Å²) in [4.78, 5) is 33.5. The maximum atomic E-state index is 15.0. The van der Waals surface area contributed by atoms with Crippen molar-refractivity contribution in [2.24, 2.45) is 24.1 Å². The lowest BCUT2D eigenvalue weighted by Gasteiger charge is -2.45. The zero-order valence-electron chi connectivity index (χ0n) is 29.5. The molecule has 276 valence electrons. The second kappa shape index (κ2) is 17.2. The fourth-order valence-corrected chi connectivity index (χ4v) is 7.69. The van der Waals surface area contributed by atoms with Gasteiger partial charge in [-0.1, -0.05) is 45.0 Å². The summed E-state index contributed by atoms with van der Waals surface area (Å²) in [5.41, 5.74) is 6.11. The Morgan fingerprint density at radius 1 is 1.06 bits per heavy atom. The highest BCUT2D eigenvalue weighted by molar-refractivity contribution is 7.89. The minimum Gasteiger partial charge on any atom is -0.391 e. The summed E-state index contributed by atoms with van der Waals surface area (Å²) in [7, 11) is -2.71. The zero-order valence-corrected chi connectivity index (χ0v) is 30.3. The van der Waals surface area contributed by atoms with E-state index in [9.17, 15) is 27.1 Å². The minimum absolute atomic E-state index is 0.0478. The van der Waals surface area contributed by atoms with Crippen LogP contribution in [0.3, 0.4) is 0 Å². The van der Waals surface area contributed by atoms with Crippen LogP contribution in [0.5, 0.6) is 0 Å². The van der Waals surface area contributed by atoms with Gasteiger partial charge in [-0.05, 0) is 73.1 Å². The molecule has 0 fully saturated rings. The molecule has 14 heteroatoms. The van der Waals surface area contributed by atoms with E-state index in [0.717, 1.165) is 35.7 Å². The first-order valence-corrected chi connectivity index (χ1v) is 18.6. The summed E-state index contributed by atoms with van der Waals surface area (Å²) in [5, 5.41) is 15.0. The third kappa shape index (κ3) is 9.89. The molecule has 0 saturated carbocycles. The SMILES string of the molecule is CCCN(CCC)C(=O)C1([C@H](Cc2cc(F)cc(F)c2)[C@@H](O)CNCc2cccc(CC)c2)C=C(NS(=O)(=O)c2cn(C)cn2)C=C(C(N)=O)C1. The minimum atomic E-state index is -4.32. The Morgan fingerprint density at radius 3 is 2.31 bits per heavy atom. The number of aryl methyl sites for hydroxylation is 2. The molecule has 2 amide bonds. The number of imidazole rings is 1. The molecular formula is C37H48F2N6O5S. The van der Waals surface area contributed by atoms with Gasteiger partial charge in [0.2, 0.25) is 11.8 Å². The van der Waals surface area contributed by atoms with E-state index in [1.807, 2.05) is 45.0 Å². The van der Waals surface area contributed by atoms with E-state index in [1.54, 1.807) is 11.9 Å². The number of carbonyl (C=O) groups is 2. The number of primary amides is 1. The fourth-order valence-electron chi connectivity index (χ4n) is 6.67. The molecule has 51 heavy (non-hydrogen) atoms. The molecule has 0 aliphatic heterocycles. The Labute approximate surface area is 298 Å². The normalized spacial score (nSPS) is 17.3. The van der Waals surface area contributed by atoms with E-state index in [0.29, 0.717) is 32.5 Å². The number of nitrogens with zero attached hydrogens (tertiary/aromatic N) is 3. The fraction of sp³-hybridized carbons (Fsp3) is 0.432. The summed E-state index contributed by atoms with van der Waals surface area (Å²) in [5.74, 6) is -4.19. The third-order valence-corrected chi connectivity index (χ3v) is 10.3. The standard InChI is InChI=1S/C37H48F2N6O5S/c1-5-11-45(12-6-2)36(48)37(19-28(35(40)47)17-31(20-37)43-51(49,50)34-23-44(4)24-42-34)32(16-27-14-29(38)18-30(39)15-27)33(46)22-41-21-26-10-8-9-25(7-3)13-26/h8-10,13-15,17-18,20,23-24,32-33,41,43,46H,5-7,11-12,16,19,21-22H2,1-4H3,(H2,40,47)/t32-,33+,37?/m1/s1. The van der Waals surface area contributed by atoms with E-state index in [1.165, 1.54) is 29.2 Å². The van der Waals surface area contributed by atoms with Crippen molar-refractivity contribution >= 4 is 21.8 Å². The monoisotopic (exact) mass is 726 g/mol. The molecule has 4 rings (SSSR count).